The molecule has 9 rings (SSSR count). The van der Waals surface area contributed by atoms with E-state index in [1.54, 1.807) is 42.7 Å². The molecular weight excluding hydrogens is 754 g/mol. The molecule has 3 aliphatic heterocycles. The Morgan fingerprint density at radius 1 is 0.966 bits per heavy atom. The van der Waals surface area contributed by atoms with Gasteiger partial charge in [-0.05, 0) is 68.4 Å². The van der Waals surface area contributed by atoms with E-state index in [9.17, 15) is 32.8 Å². The minimum Gasteiger partial charge on any atom is -0.485 e. The zero-order chi connectivity index (χ0) is 40.1. The predicted octanol–water partition coefficient (Wildman–Crippen LogP) is 3.93. The number of piperazine rings is 1. The van der Waals surface area contributed by atoms with Crippen molar-refractivity contribution in [1.29, 1.82) is 0 Å². The third-order valence-corrected chi connectivity index (χ3v) is 11.6. The summed E-state index contributed by atoms with van der Waals surface area (Å²) in [6.07, 6.45) is 7.93. The minimum absolute atomic E-state index is 0.0733. The van der Waals surface area contributed by atoms with Gasteiger partial charge in [0.15, 0.2) is 5.65 Å². The van der Waals surface area contributed by atoms with Gasteiger partial charge in [0, 0.05) is 74.9 Å². The molecule has 3 aromatic heterocycles. The molecule has 5 aromatic rings. The number of amides is 5. The van der Waals surface area contributed by atoms with E-state index in [1.807, 2.05) is 16.9 Å². The number of hydrogen-bond acceptors (Lipinski definition) is 11. The Labute approximate surface area is 330 Å². The number of hydrogen-bond donors (Lipinski definition) is 2. The molecule has 1 saturated carbocycles. The van der Waals surface area contributed by atoms with E-state index in [0.717, 1.165) is 74.4 Å². The molecule has 300 valence electrons. The second-order valence-corrected chi connectivity index (χ2v) is 15.3. The minimum atomic E-state index is -2.70. The third kappa shape index (κ3) is 7.12. The first-order valence-electron chi connectivity index (χ1n) is 19.5. The first-order valence-corrected chi connectivity index (χ1v) is 19.5. The number of benzene rings is 2. The number of carbonyl (C=O) groups excluding carboxylic acids is 5. The van der Waals surface area contributed by atoms with Gasteiger partial charge in [-0.15, -0.1) is 0 Å². The third-order valence-electron chi connectivity index (χ3n) is 11.6. The Morgan fingerprint density at radius 2 is 1.76 bits per heavy atom. The van der Waals surface area contributed by atoms with E-state index in [0.29, 0.717) is 17.1 Å². The molecule has 16 nitrogen and oxygen atoms in total. The molecule has 3 fully saturated rings. The van der Waals surface area contributed by atoms with Crippen molar-refractivity contribution < 1.29 is 37.5 Å². The first kappa shape index (κ1) is 37.3. The van der Waals surface area contributed by atoms with Crippen LogP contribution in [-0.4, -0.2) is 116 Å². The van der Waals surface area contributed by atoms with E-state index >= 15 is 0 Å². The van der Waals surface area contributed by atoms with E-state index < -0.39 is 48.6 Å². The maximum atomic E-state index is 13.3. The summed E-state index contributed by atoms with van der Waals surface area (Å²) in [5.41, 5.74) is 2.81. The Hall–Kier alpha value is -6.30. The van der Waals surface area contributed by atoms with Gasteiger partial charge in [-0.2, -0.15) is 10.2 Å². The van der Waals surface area contributed by atoms with Crippen molar-refractivity contribution in [2.45, 2.75) is 57.0 Å². The highest BCUT2D eigenvalue weighted by Crippen LogP contribution is 2.37. The largest absolute Gasteiger partial charge is 0.485 e. The fraction of sp³-hybridized carbons (Fsp3) is 0.400. The van der Waals surface area contributed by atoms with Crippen LogP contribution < -0.4 is 20.3 Å². The van der Waals surface area contributed by atoms with E-state index in [-0.39, 0.29) is 47.0 Å². The van der Waals surface area contributed by atoms with Gasteiger partial charge < -0.3 is 15.0 Å². The summed E-state index contributed by atoms with van der Waals surface area (Å²) in [7, 11) is 0. The van der Waals surface area contributed by atoms with E-state index in [4.69, 9.17) is 9.84 Å². The fourth-order valence-corrected chi connectivity index (χ4v) is 8.61. The maximum absolute atomic E-state index is 13.3. The van der Waals surface area contributed by atoms with Crippen molar-refractivity contribution in [3.05, 3.63) is 77.9 Å². The number of imide groups is 2. The number of fused-ring (bicyclic) bond motifs is 3. The smallest absolute Gasteiger partial charge is 0.272 e. The van der Waals surface area contributed by atoms with Crippen LogP contribution in [0.15, 0.2) is 61.2 Å². The molecular formula is C40H40F2N10O6. The van der Waals surface area contributed by atoms with Crippen molar-refractivity contribution in [2.24, 2.45) is 5.92 Å². The van der Waals surface area contributed by atoms with Crippen molar-refractivity contribution in [3.8, 4) is 5.75 Å². The number of ether oxygens (including phenoxy) is 1. The van der Waals surface area contributed by atoms with Crippen LogP contribution in [0.25, 0.3) is 16.6 Å². The molecule has 0 radical (unpaired) electrons. The number of anilines is 2. The second-order valence-electron chi connectivity index (χ2n) is 15.3. The average molecular weight is 795 g/mol. The zero-order valence-corrected chi connectivity index (χ0v) is 31.4. The van der Waals surface area contributed by atoms with Gasteiger partial charge >= 0.3 is 0 Å². The lowest BCUT2D eigenvalue weighted by atomic mass is 9.85. The molecule has 1 unspecified atom stereocenters. The summed E-state index contributed by atoms with van der Waals surface area (Å²) in [6, 6.07) is 9.38. The number of rotatable bonds is 10. The first-order chi connectivity index (χ1) is 28.1. The lowest BCUT2D eigenvalue weighted by Crippen LogP contribution is -2.54. The molecule has 1 aliphatic carbocycles. The molecule has 5 amide bonds. The summed E-state index contributed by atoms with van der Waals surface area (Å²) in [5.74, 6) is -1.95. The summed E-state index contributed by atoms with van der Waals surface area (Å²) in [6.45, 7) is 3.34. The van der Waals surface area contributed by atoms with Crippen LogP contribution in [-0.2, 0) is 9.59 Å². The van der Waals surface area contributed by atoms with Gasteiger partial charge in [0.05, 0.1) is 34.6 Å². The molecule has 1 atom stereocenters. The number of alkyl halides is 2. The lowest BCUT2D eigenvalue weighted by Gasteiger charge is -2.39. The van der Waals surface area contributed by atoms with E-state index in [2.05, 4.69) is 30.5 Å². The normalized spacial score (nSPS) is 21.6. The average Bonchev–Trinajstić information content (AvgIpc) is 3.91. The topological polar surface area (TPSA) is 176 Å². The Kier molecular flexibility index (Phi) is 9.79. The quantitative estimate of drug-likeness (QED) is 0.196. The monoisotopic (exact) mass is 794 g/mol. The van der Waals surface area contributed by atoms with Crippen LogP contribution in [0.1, 0.15) is 75.6 Å². The summed E-state index contributed by atoms with van der Waals surface area (Å²) in [4.78, 5) is 73.7. The van der Waals surface area contributed by atoms with Gasteiger partial charge in [0.2, 0.25) is 11.8 Å². The van der Waals surface area contributed by atoms with Crippen LogP contribution in [0.2, 0.25) is 0 Å². The molecule has 2 N–H and O–H groups in total. The van der Waals surface area contributed by atoms with Crippen molar-refractivity contribution in [1.82, 2.24) is 39.5 Å². The van der Waals surface area contributed by atoms with Crippen LogP contribution in [0.5, 0.6) is 5.75 Å². The Bertz CT molecular complexity index is 2450. The Morgan fingerprint density at radius 3 is 2.53 bits per heavy atom. The summed E-state index contributed by atoms with van der Waals surface area (Å²) < 4.78 is 35.2. The second kappa shape index (κ2) is 15.2. The lowest BCUT2D eigenvalue weighted by molar-refractivity contribution is -0.136. The van der Waals surface area contributed by atoms with Gasteiger partial charge in [0.25, 0.3) is 24.1 Å². The molecule has 2 aromatic carbocycles. The van der Waals surface area contributed by atoms with Gasteiger partial charge in [-0.25, -0.2) is 18.3 Å². The number of halogens is 2. The molecule has 0 spiro atoms. The fourth-order valence-electron chi connectivity index (χ4n) is 8.61. The van der Waals surface area contributed by atoms with Gasteiger partial charge in [-0.1, -0.05) is 0 Å². The maximum Gasteiger partial charge on any atom is 0.272 e. The van der Waals surface area contributed by atoms with Crippen molar-refractivity contribution in [3.63, 3.8) is 0 Å². The number of piperidine rings is 1. The molecule has 6 heterocycles. The van der Waals surface area contributed by atoms with Crippen LogP contribution in [0.3, 0.4) is 0 Å². The molecule has 4 aliphatic rings. The highest BCUT2D eigenvalue weighted by Gasteiger charge is 2.45. The predicted molar refractivity (Wildman–Crippen MR) is 205 cm³/mol. The van der Waals surface area contributed by atoms with Gasteiger partial charge in [-0.3, -0.25) is 43.8 Å². The summed E-state index contributed by atoms with van der Waals surface area (Å²) in [5, 5.41) is 14.7. The molecule has 0 bridgehead atoms. The standard InChI is InChI=1S/C40H40F2N10O6/c41-34(42)22-58-33-18-30-24(16-31(33)45-37(54)29-19-44-50-11-1-10-43-36(29)50)21-51(47-30)25-4-2-23(3-5-25)20-48-12-14-49(15-13-48)26-6-7-27-28(17-26)40(57)52(39(27)56)32-8-9-35(53)46-38(32)55/h1,6-7,10-11,16-19,21,23,25,32,34H,2-5,8-9,12-15,20,22H2,(H,45,54)(H,46,53,55)/t23-,25-,32?. The van der Waals surface area contributed by atoms with Gasteiger partial charge in [0.1, 0.15) is 24.0 Å². The number of nitrogens with one attached hydrogen (secondary N) is 2. The zero-order valence-electron chi connectivity index (χ0n) is 31.4. The number of nitrogens with zero attached hydrogens (tertiary/aromatic N) is 8. The number of carbonyl (C=O) groups is 5. The van der Waals surface area contributed by atoms with Crippen molar-refractivity contribution >= 4 is 57.5 Å². The highest BCUT2D eigenvalue weighted by molar-refractivity contribution is 6.23. The SMILES string of the molecule is O=C1CCC(N2C(=O)c3ccc(N4CCN(C[C@H]5CC[C@H](n6cc7cc(NC(=O)c8cnn9cccnc89)c(OCC(F)F)cc7n6)CC5)CC4)cc3C2=O)C(=O)N1. The molecule has 2 saturated heterocycles. The molecule has 58 heavy (non-hydrogen) atoms. The Balaban J connectivity index is 0.800. The van der Waals surface area contributed by atoms with Crippen LogP contribution in [0, 0.1) is 5.92 Å². The van der Waals surface area contributed by atoms with Crippen LogP contribution >= 0.6 is 0 Å². The van der Waals surface area contributed by atoms with Crippen LogP contribution in [0.4, 0.5) is 20.2 Å². The van der Waals surface area contributed by atoms with Crippen molar-refractivity contribution in [2.75, 3.05) is 49.5 Å². The number of aromatic nitrogens is 5. The molecule has 18 heteroatoms. The summed E-state index contributed by atoms with van der Waals surface area (Å²) >= 11 is 0. The van der Waals surface area contributed by atoms with E-state index in [1.165, 1.54) is 10.7 Å². The highest BCUT2D eigenvalue weighted by atomic mass is 19.3.